The summed E-state index contributed by atoms with van der Waals surface area (Å²) in [5, 5.41) is 22.5. The van der Waals surface area contributed by atoms with E-state index in [4.69, 9.17) is 23.7 Å². The Morgan fingerprint density at radius 1 is 0.774 bits per heavy atom. The van der Waals surface area contributed by atoms with E-state index in [-0.39, 0.29) is 25.6 Å². The van der Waals surface area contributed by atoms with Crippen LogP contribution < -0.4 is 0 Å². The number of hydrogen-bond acceptors (Lipinski definition) is 9. The number of aromatic amines is 2. The molecule has 0 bridgehead atoms. The average molecular weight is 726 g/mol. The van der Waals surface area contributed by atoms with E-state index in [1.54, 1.807) is 13.1 Å². The Bertz CT molecular complexity index is 1830. The highest BCUT2D eigenvalue weighted by Crippen LogP contribution is 2.37. The van der Waals surface area contributed by atoms with Gasteiger partial charge in [-0.05, 0) is 43.9 Å². The number of H-pyrrole nitrogens is 2. The standard InChI is InChI=1S/C42H51N3O8/c1-28-24-44-41(45-28)42(48)53-40-37(52-29(2)33-25-43-34-21-13-12-20-32(33)34)35(47)36(49-23-15-5-3-4-14-22-46)38(50-26-30-16-8-6-9-17-30)39(40)51-27-31-18-10-7-11-19-31/h6-13,16-21,24-25,29,35-40,43,46-47H,3-5,14-15,22-23,26-27H2,1-2H3,(H,44,45). The monoisotopic (exact) mass is 725 g/mol. The van der Waals surface area contributed by atoms with Crippen LogP contribution in [0.4, 0.5) is 0 Å². The third-order valence-corrected chi connectivity index (χ3v) is 9.71. The summed E-state index contributed by atoms with van der Waals surface area (Å²) in [5.74, 6) is -0.676. The van der Waals surface area contributed by atoms with Gasteiger partial charge in [-0.15, -0.1) is 0 Å². The van der Waals surface area contributed by atoms with Crippen molar-refractivity contribution in [3.63, 3.8) is 0 Å². The van der Waals surface area contributed by atoms with E-state index in [9.17, 15) is 15.0 Å². The second kappa shape index (κ2) is 19.1. The number of carbonyl (C=O) groups is 1. The normalized spacial score (nSPS) is 22.2. The number of aliphatic hydroxyl groups is 2. The fourth-order valence-corrected chi connectivity index (χ4v) is 6.93. The first-order chi connectivity index (χ1) is 25.9. The van der Waals surface area contributed by atoms with Gasteiger partial charge in [-0.25, -0.2) is 9.78 Å². The number of benzene rings is 3. The lowest BCUT2D eigenvalue weighted by Gasteiger charge is -2.48. The highest BCUT2D eigenvalue weighted by molar-refractivity contribution is 5.85. The van der Waals surface area contributed by atoms with Gasteiger partial charge >= 0.3 is 5.97 Å². The first kappa shape index (κ1) is 38.4. The Morgan fingerprint density at radius 3 is 2.06 bits per heavy atom. The predicted molar refractivity (Wildman–Crippen MR) is 200 cm³/mol. The van der Waals surface area contributed by atoms with E-state index >= 15 is 0 Å². The Hall–Kier alpha value is -4.36. The van der Waals surface area contributed by atoms with Crippen LogP contribution in [0.3, 0.4) is 0 Å². The van der Waals surface area contributed by atoms with Crippen LogP contribution in [0.5, 0.6) is 0 Å². The number of nitrogens with zero attached hydrogens (tertiary/aromatic N) is 1. The smallest absolute Gasteiger partial charge is 0.374 e. The van der Waals surface area contributed by atoms with E-state index < -0.39 is 48.7 Å². The number of aliphatic hydroxyl groups excluding tert-OH is 2. The summed E-state index contributed by atoms with van der Waals surface area (Å²) in [5.41, 5.74) is 4.39. The molecule has 53 heavy (non-hydrogen) atoms. The molecule has 11 nitrogen and oxygen atoms in total. The van der Waals surface area contributed by atoms with Crippen molar-refractivity contribution in [3.8, 4) is 0 Å². The van der Waals surface area contributed by atoms with Crippen molar-refractivity contribution >= 4 is 16.9 Å². The molecule has 2 aromatic heterocycles. The van der Waals surface area contributed by atoms with Gasteiger partial charge in [-0.1, -0.05) is 98.1 Å². The van der Waals surface area contributed by atoms with Crippen LogP contribution in [0, 0.1) is 6.92 Å². The van der Waals surface area contributed by atoms with Crippen LogP contribution >= 0.6 is 0 Å². The van der Waals surface area contributed by atoms with Crippen LogP contribution in [-0.2, 0) is 36.9 Å². The fraction of sp³-hybridized carbons (Fsp3) is 0.429. The van der Waals surface area contributed by atoms with Crippen LogP contribution in [0.1, 0.15) is 78.1 Å². The second-order valence-corrected chi connectivity index (χ2v) is 13.7. The van der Waals surface area contributed by atoms with Gasteiger partial charge in [-0.2, -0.15) is 0 Å². The lowest BCUT2D eigenvalue weighted by molar-refractivity contribution is -0.275. The summed E-state index contributed by atoms with van der Waals surface area (Å²) < 4.78 is 33.0. The molecule has 0 aliphatic heterocycles. The minimum Gasteiger partial charge on any atom is -0.451 e. The largest absolute Gasteiger partial charge is 0.451 e. The summed E-state index contributed by atoms with van der Waals surface area (Å²) in [6.07, 6.45) is 1.11. The maximum atomic E-state index is 13.8. The third kappa shape index (κ3) is 10.00. The molecule has 5 aromatic rings. The SMILES string of the molecule is Cc1cnc(C(=O)OC2C(OC(C)c3c[nH]c4ccccc34)C(O)C(OCCCCCCCO)C(OCc3ccccc3)C2OCc2ccccc2)[nH]1. The second-order valence-electron chi connectivity index (χ2n) is 13.7. The van der Waals surface area contributed by atoms with Crippen molar-refractivity contribution in [2.75, 3.05) is 13.2 Å². The number of nitrogens with one attached hydrogen (secondary N) is 2. The third-order valence-electron chi connectivity index (χ3n) is 9.71. The Balaban J connectivity index is 1.36. The first-order valence-electron chi connectivity index (χ1n) is 18.6. The van der Waals surface area contributed by atoms with Gasteiger partial charge in [0.2, 0.25) is 5.82 Å². The molecule has 1 fully saturated rings. The number of para-hydroxylation sites is 1. The zero-order valence-corrected chi connectivity index (χ0v) is 30.4. The maximum Gasteiger partial charge on any atom is 0.374 e. The van der Waals surface area contributed by atoms with Gasteiger partial charge in [0, 0.05) is 47.8 Å². The van der Waals surface area contributed by atoms with Gasteiger partial charge in [0.1, 0.15) is 30.5 Å². The zero-order chi connectivity index (χ0) is 37.0. The van der Waals surface area contributed by atoms with Crippen LogP contribution in [0.25, 0.3) is 10.9 Å². The molecule has 1 aliphatic carbocycles. The Morgan fingerprint density at radius 2 is 1.40 bits per heavy atom. The van der Waals surface area contributed by atoms with Crippen molar-refractivity contribution in [2.45, 2.75) is 102 Å². The topological polar surface area (TPSA) is 148 Å². The van der Waals surface area contributed by atoms with E-state index in [0.29, 0.717) is 12.3 Å². The van der Waals surface area contributed by atoms with Crippen LogP contribution in [0.2, 0.25) is 0 Å². The molecule has 0 spiro atoms. The molecule has 0 amide bonds. The minimum atomic E-state index is -1.27. The van der Waals surface area contributed by atoms with Crippen molar-refractivity contribution in [2.24, 2.45) is 0 Å². The highest BCUT2D eigenvalue weighted by Gasteiger charge is 2.55. The molecule has 4 N–H and O–H groups in total. The van der Waals surface area contributed by atoms with Crippen molar-refractivity contribution in [1.82, 2.24) is 15.0 Å². The van der Waals surface area contributed by atoms with Gasteiger partial charge < -0.3 is 43.9 Å². The quantitative estimate of drug-likeness (QED) is 0.0537. The molecule has 3 aromatic carbocycles. The number of aryl methyl sites for hydroxylation is 1. The lowest BCUT2D eigenvalue weighted by Crippen LogP contribution is -2.67. The number of carbonyl (C=O) groups excluding carboxylic acids is 1. The molecule has 1 saturated carbocycles. The molecule has 0 radical (unpaired) electrons. The lowest BCUT2D eigenvalue weighted by atomic mass is 9.83. The van der Waals surface area contributed by atoms with Crippen molar-refractivity contribution in [3.05, 3.63) is 126 Å². The number of aromatic nitrogens is 3. The zero-order valence-electron chi connectivity index (χ0n) is 30.4. The molecule has 2 heterocycles. The molecule has 11 heteroatoms. The Labute approximate surface area is 310 Å². The number of hydrogen-bond donors (Lipinski definition) is 4. The van der Waals surface area contributed by atoms with E-state index in [1.807, 2.05) is 98.0 Å². The van der Waals surface area contributed by atoms with Crippen LogP contribution in [0.15, 0.2) is 97.3 Å². The molecule has 1 aliphatic rings. The molecular formula is C42H51N3O8. The number of rotatable bonds is 19. The van der Waals surface area contributed by atoms with Crippen molar-refractivity contribution in [1.29, 1.82) is 0 Å². The van der Waals surface area contributed by atoms with Crippen molar-refractivity contribution < 1.29 is 38.7 Å². The number of unbranched alkanes of at least 4 members (excludes halogenated alkanes) is 4. The molecule has 7 unspecified atom stereocenters. The fourth-order valence-electron chi connectivity index (χ4n) is 6.93. The van der Waals surface area contributed by atoms with E-state index in [2.05, 4.69) is 15.0 Å². The molecule has 282 valence electrons. The van der Waals surface area contributed by atoms with Gasteiger partial charge in [0.05, 0.1) is 19.3 Å². The number of esters is 1. The summed E-state index contributed by atoms with van der Waals surface area (Å²) >= 11 is 0. The summed E-state index contributed by atoms with van der Waals surface area (Å²) in [7, 11) is 0. The number of imidazole rings is 1. The van der Waals surface area contributed by atoms with E-state index in [0.717, 1.165) is 59.7 Å². The van der Waals surface area contributed by atoms with Gasteiger partial charge in [-0.3, -0.25) is 0 Å². The molecular weight excluding hydrogens is 674 g/mol. The molecule has 6 rings (SSSR count). The minimum absolute atomic E-state index is 0.0311. The summed E-state index contributed by atoms with van der Waals surface area (Å²) in [6, 6.07) is 27.4. The number of ether oxygens (including phenoxy) is 5. The van der Waals surface area contributed by atoms with Crippen LogP contribution in [-0.4, -0.2) is 81.0 Å². The van der Waals surface area contributed by atoms with E-state index in [1.165, 1.54) is 0 Å². The Kier molecular flexibility index (Phi) is 13.8. The maximum absolute atomic E-state index is 13.8. The average Bonchev–Trinajstić information content (AvgIpc) is 3.83. The summed E-state index contributed by atoms with van der Waals surface area (Å²) in [6.45, 7) is 4.65. The van der Waals surface area contributed by atoms with Gasteiger partial charge in [0.25, 0.3) is 0 Å². The number of fused-ring (bicyclic) bond motifs is 1. The first-order valence-corrected chi connectivity index (χ1v) is 18.6. The molecule has 7 atom stereocenters. The molecule has 0 saturated heterocycles. The van der Waals surface area contributed by atoms with Gasteiger partial charge in [0.15, 0.2) is 6.10 Å². The summed E-state index contributed by atoms with van der Waals surface area (Å²) in [4.78, 5) is 24.3. The highest BCUT2D eigenvalue weighted by atomic mass is 16.6. The predicted octanol–water partition coefficient (Wildman–Crippen LogP) is 6.74.